The van der Waals surface area contributed by atoms with Gasteiger partial charge in [-0.05, 0) is 24.1 Å². The summed E-state index contributed by atoms with van der Waals surface area (Å²) in [6.45, 7) is 6.33. The Balaban J connectivity index is 1.96. The van der Waals surface area contributed by atoms with Gasteiger partial charge in [-0.3, -0.25) is 14.6 Å². The van der Waals surface area contributed by atoms with Crippen molar-refractivity contribution in [1.82, 2.24) is 14.8 Å². The van der Waals surface area contributed by atoms with Gasteiger partial charge in [0.2, 0.25) is 11.8 Å². The zero-order valence-corrected chi connectivity index (χ0v) is 15.1. The fourth-order valence-electron chi connectivity index (χ4n) is 2.49. The van der Waals surface area contributed by atoms with Gasteiger partial charge in [-0.15, -0.1) is 11.8 Å². The third-order valence-corrected chi connectivity index (χ3v) is 4.94. The SMILES string of the molecule is CN(CCc1ccncc1)C(=O)[C@@H]1CSCN1C(=O)C(C)(C)C. The third kappa shape index (κ3) is 4.47. The van der Waals surface area contributed by atoms with Crippen LogP contribution in [-0.4, -0.2) is 57.9 Å². The van der Waals surface area contributed by atoms with Crippen molar-refractivity contribution in [3.8, 4) is 0 Å². The average molecular weight is 335 g/mol. The minimum absolute atomic E-state index is 0.0293. The van der Waals surface area contributed by atoms with Crippen LogP contribution in [0, 0.1) is 5.41 Å². The van der Waals surface area contributed by atoms with E-state index in [9.17, 15) is 9.59 Å². The summed E-state index contributed by atoms with van der Waals surface area (Å²) in [5, 5.41) is 0. The summed E-state index contributed by atoms with van der Waals surface area (Å²) in [7, 11) is 1.81. The number of likely N-dealkylation sites (N-methyl/N-ethyl adjacent to an activating group) is 1. The number of hydrogen-bond donors (Lipinski definition) is 0. The van der Waals surface area contributed by atoms with Gasteiger partial charge in [-0.25, -0.2) is 0 Å². The van der Waals surface area contributed by atoms with E-state index < -0.39 is 5.41 Å². The molecule has 0 aromatic carbocycles. The van der Waals surface area contributed by atoms with Gasteiger partial charge in [0.1, 0.15) is 6.04 Å². The molecule has 1 atom stereocenters. The molecule has 2 amide bonds. The van der Waals surface area contributed by atoms with Gasteiger partial charge in [-0.1, -0.05) is 20.8 Å². The quantitative estimate of drug-likeness (QED) is 0.845. The number of thioether (sulfide) groups is 1. The molecule has 0 spiro atoms. The maximum atomic E-state index is 12.7. The highest BCUT2D eigenvalue weighted by molar-refractivity contribution is 7.99. The van der Waals surface area contributed by atoms with Crippen LogP contribution in [0.4, 0.5) is 0 Å². The number of carbonyl (C=O) groups is 2. The zero-order valence-electron chi connectivity index (χ0n) is 14.3. The van der Waals surface area contributed by atoms with Gasteiger partial charge in [0.05, 0.1) is 5.88 Å². The van der Waals surface area contributed by atoms with Crippen molar-refractivity contribution in [1.29, 1.82) is 0 Å². The first kappa shape index (κ1) is 17.8. The van der Waals surface area contributed by atoms with Crippen LogP contribution in [0.15, 0.2) is 24.5 Å². The Labute approximate surface area is 142 Å². The Bertz CT molecular complexity index is 557. The Morgan fingerprint density at radius 3 is 2.61 bits per heavy atom. The van der Waals surface area contributed by atoms with Gasteiger partial charge in [0, 0.05) is 37.2 Å². The standard InChI is InChI=1S/C17H25N3O2S/c1-17(2,3)16(22)20-12-23-11-14(20)15(21)19(4)10-7-13-5-8-18-9-6-13/h5-6,8-9,14H,7,10-12H2,1-4H3/t14-/m0/s1. The lowest BCUT2D eigenvalue weighted by Crippen LogP contribution is -2.51. The number of aromatic nitrogens is 1. The van der Waals surface area contributed by atoms with Gasteiger partial charge in [-0.2, -0.15) is 0 Å². The van der Waals surface area contributed by atoms with E-state index in [1.54, 1.807) is 34.0 Å². The first-order valence-corrected chi connectivity index (χ1v) is 8.99. The predicted molar refractivity (Wildman–Crippen MR) is 93.0 cm³/mol. The molecule has 1 aromatic rings. The van der Waals surface area contributed by atoms with Crippen molar-refractivity contribution in [3.63, 3.8) is 0 Å². The van der Waals surface area contributed by atoms with Crippen molar-refractivity contribution in [2.45, 2.75) is 33.2 Å². The van der Waals surface area contributed by atoms with Gasteiger partial charge in [0.15, 0.2) is 0 Å². The molecular formula is C17H25N3O2S. The fraction of sp³-hybridized carbons (Fsp3) is 0.588. The van der Waals surface area contributed by atoms with E-state index in [4.69, 9.17) is 0 Å². The molecule has 126 valence electrons. The van der Waals surface area contributed by atoms with E-state index in [1.807, 2.05) is 40.0 Å². The summed E-state index contributed by atoms with van der Waals surface area (Å²) >= 11 is 1.64. The zero-order chi connectivity index (χ0) is 17.0. The van der Waals surface area contributed by atoms with Gasteiger partial charge < -0.3 is 9.80 Å². The van der Waals surface area contributed by atoms with Crippen molar-refractivity contribution in [2.75, 3.05) is 25.2 Å². The van der Waals surface area contributed by atoms with E-state index in [-0.39, 0.29) is 17.9 Å². The minimum atomic E-state index is -0.459. The van der Waals surface area contributed by atoms with Gasteiger partial charge in [0.25, 0.3) is 0 Å². The van der Waals surface area contributed by atoms with Gasteiger partial charge >= 0.3 is 0 Å². The Kier molecular flexibility index (Phi) is 5.68. The molecule has 5 nitrogen and oxygen atoms in total. The first-order valence-electron chi connectivity index (χ1n) is 7.83. The summed E-state index contributed by atoms with van der Waals surface area (Å²) in [6, 6.07) is 3.58. The molecule has 2 rings (SSSR count). The summed E-state index contributed by atoms with van der Waals surface area (Å²) in [5.74, 6) is 1.36. The lowest BCUT2D eigenvalue weighted by atomic mass is 9.94. The molecule has 6 heteroatoms. The predicted octanol–water partition coefficient (Wildman–Crippen LogP) is 2.03. The molecule has 2 heterocycles. The number of amides is 2. The van der Waals surface area contributed by atoms with Crippen molar-refractivity contribution in [3.05, 3.63) is 30.1 Å². The molecule has 0 unspecified atom stereocenters. The number of carbonyl (C=O) groups excluding carboxylic acids is 2. The molecule has 0 aliphatic carbocycles. The normalized spacial score (nSPS) is 18.1. The molecule has 1 aromatic heterocycles. The molecule has 0 radical (unpaired) electrons. The molecular weight excluding hydrogens is 310 g/mol. The lowest BCUT2D eigenvalue weighted by Gasteiger charge is -2.31. The number of rotatable bonds is 4. The number of pyridine rings is 1. The number of nitrogens with zero attached hydrogens (tertiary/aromatic N) is 3. The summed E-state index contributed by atoms with van der Waals surface area (Å²) < 4.78 is 0. The number of hydrogen-bond acceptors (Lipinski definition) is 4. The molecule has 1 saturated heterocycles. The van der Waals surface area contributed by atoms with E-state index >= 15 is 0 Å². The van der Waals surface area contributed by atoms with Crippen molar-refractivity contribution < 1.29 is 9.59 Å². The van der Waals surface area contributed by atoms with Crippen LogP contribution >= 0.6 is 11.8 Å². The molecule has 0 N–H and O–H groups in total. The second-order valence-corrected chi connectivity index (χ2v) is 7.91. The molecule has 1 aliphatic heterocycles. The summed E-state index contributed by atoms with van der Waals surface area (Å²) in [4.78, 5) is 32.7. The highest BCUT2D eigenvalue weighted by atomic mass is 32.2. The summed E-state index contributed by atoms with van der Waals surface area (Å²) in [6.07, 6.45) is 4.31. The third-order valence-electron chi connectivity index (χ3n) is 3.93. The van der Waals surface area contributed by atoms with Crippen LogP contribution in [0.5, 0.6) is 0 Å². The van der Waals surface area contributed by atoms with Crippen molar-refractivity contribution in [2.24, 2.45) is 5.41 Å². The molecule has 1 fully saturated rings. The van der Waals surface area contributed by atoms with Crippen LogP contribution in [0.3, 0.4) is 0 Å². The topological polar surface area (TPSA) is 53.5 Å². The molecule has 0 saturated carbocycles. The van der Waals surface area contributed by atoms with Crippen LogP contribution in [0.25, 0.3) is 0 Å². The first-order chi connectivity index (χ1) is 10.8. The highest BCUT2D eigenvalue weighted by Gasteiger charge is 2.39. The second kappa shape index (κ2) is 7.34. The molecule has 23 heavy (non-hydrogen) atoms. The Hall–Kier alpha value is -1.56. The average Bonchev–Trinajstić information content (AvgIpc) is 3.00. The molecule has 1 aliphatic rings. The monoisotopic (exact) mass is 335 g/mol. The van der Waals surface area contributed by atoms with E-state index in [1.165, 1.54) is 0 Å². The molecule has 0 bridgehead atoms. The second-order valence-electron chi connectivity index (χ2n) is 6.91. The van der Waals surface area contributed by atoms with Crippen LogP contribution < -0.4 is 0 Å². The maximum Gasteiger partial charge on any atom is 0.246 e. The smallest absolute Gasteiger partial charge is 0.246 e. The largest absolute Gasteiger partial charge is 0.344 e. The van der Waals surface area contributed by atoms with E-state index in [0.717, 1.165) is 12.0 Å². The summed E-state index contributed by atoms with van der Waals surface area (Å²) in [5.41, 5.74) is 0.696. The fourth-order valence-corrected chi connectivity index (χ4v) is 3.63. The lowest BCUT2D eigenvalue weighted by molar-refractivity contribution is -0.147. The Morgan fingerprint density at radius 1 is 1.35 bits per heavy atom. The maximum absolute atomic E-state index is 12.7. The van der Waals surface area contributed by atoms with Crippen LogP contribution in [0.2, 0.25) is 0 Å². The van der Waals surface area contributed by atoms with E-state index in [0.29, 0.717) is 18.2 Å². The van der Waals surface area contributed by atoms with Crippen molar-refractivity contribution >= 4 is 23.6 Å². The highest BCUT2D eigenvalue weighted by Crippen LogP contribution is 2.28. The minimum Gasteiger partial charge on any atom is -0.344 e. The van der Waals surface area contributed by atoms with Crippen LogP contribution in [-0.2, 0) is 16.0 Å². The Morgan fingerprint density at radius 2 is 2.00 bits per heavy atom. The van der Waals surface area contributed by atoms with E-state index in [2.05, 4.69) is 4.98 Å². The van der Waals surface area contributed by atoms with Crippen LogP contribution in [0.1, 0.15) is 26.3 Å².